The molecule has 0 spiro atoms. The van der Waals surface area contributed by atoms with E-state index in [0.29, 0.717) is 18.6 Å². The van der Waals surface area contributed by atoms with Crippen LogP contribution in [0.25, 0.3) is 0 Å². The molecule has 1 N–H and O–H groups in total. The smallest absolute Gasteiger partial charge is 0.258 e. The number of benzene rings is 1. The van der Waals surface area contributed by atoms with Crippen molar-refractivity contribution in [1.29, 1.82) is 0 Å². The fraction of sp³-hybridized carbons (Fsp3) is 0.571. The van der Waals surface area contributed by atoms with Crippen molar-refractivity contribution in [3.8, 4) is 0 Å². The van der Waals surface area contributed by atoms with Gasteiger partial charge < -0.3 is 0 Å². The van der Waals surface area contributed by atoms with Crippen LogP contribution in [0.1, 0.15) is 38.7 Å². The zero-order valence-corrected chi connectivity index (χ0v) is 12.6. The van der Waals surface area contributed by atoms with Gasteiger partial charge in [0.1, 0.15) is 5.02 Å². The first-order chi connectivity index (χ1) is 9.49. The van der Waals surface area contributed by atoms with Crippen LogP contribution in [0.4, 0.5) is 5.69 Å². The first kappa shape index (κ1) is 15.2. The topological polar surface area (TPSA) is 58.4 Å². The van der Waals surface area contributed by atoms with Crippen molar-refractivity contribution in [1.82, 2.24) is 10.4 Å². The van der Waals surface area contributed by atoms with Gasteiger partial charge in [0.15, 0.2) is 0 Å². The van der Waals surface area contributed by atoms with Crippen molar-refractivity contribution in [2.45, 2.75) is 51.7 Å². The number of nitrogens with zero attached hydrogens (tertiary/aromatic N) is 2. The molecule has 1 saturated heterocycles. The number of halogens is 1. The van der Waals surface area contributed by atoms with Gasteiger partial charge in [0.05, 0.1) is 4.92 Å². The SMILES string of the molecule is CC1CCCC(C)N1NCc1ccc(Cl)c([N+](=O)[O-])c1. The molecule has 20 heavy (non-hydrogen) atoms. The molecule has 1 heterocycles. The van der Waals surface area contributed by atoms with Crippen molar-refractivity contribution in [2.24, 2.45) is 0 Å². The zero-order chi connectivity index (χ0) is 14.7. The normalized spacial score (nSPS) is 23.8. The van der Waals surface area contributed by atoms with E-state index in [4.69, 9.17) is 11.6 Å². The van der Waals surface area contributed by atoms with Crippen molar-refractivity contribution in [3.05, 3.63) is 38.9 Å². The third-order valence-corrected chi connectivity index (χ3v) is 4.19. The van der Waals surface area contributed by atoms with E-state index in [0.717, 1.165) is 5.56 Å². The summed E-state index contributed by atoms with van der Waals surface area (Å²) < 4.78 is 0. The number of hydrazine groups is 1. The lowest BCUT2D eigenvalue weighted by Crippen LogP contribution is -2.51. The summed E-state index contributed by atoms with van der Waals surface area (Å²) in [5.74, 6) is 0. The second-order valence-electron chi connectivity index (χ2n) is 5.41. The average Bonchev–Trinajstić information content (AvgIpc) is 2.39. The minimum Gasteiger partial charge on any atom is -0.258 e. The number of hydrogen-bond donors (Lipinski definition) is 1. The van der Waals surface area contributed by atoms with E-state index in [1.54, 1.807) is 6.07 Å². The number of rotatable bonds is 4. The molecule has 0 aliphatic carbocycles. The zero-order valence-electron chi connectivity index (χ0n) is 11.8. The Morgan fingerprint density at radius 2 is 2.05 bits per heavy atom. The van der Waals surface area contributed by atoms with Gasteiger partial charge in [-0.2, -0.15) is 0 Å². The maximum absolute atomic E-state index is 10.9. The maximum Gasteiger partial charge on any atom is 0.288 e. The molecule has 5 nitrogen and oxygen atoms in total. The highest BCUT2D eigenvalue weighted by atomic mass is 35.5. The Balaban J connectivity index is 2.03. The fourth-order valence-electron chi connectivity index (χ4n) is 2.72. The maximum atomic E-state index is 10.9. The predicted molar refractivity (Wildman–Crippen MR) is 79.6 cm³/mol. The molecule has 110 valence electrons. The molecule has 1 aromatic rings. The second kappa shape index (κ2) is 6.52. The molecule has 0 radical (unpaired) electrons. The molecule has 0 amide bonds. The van der Waals surface area contributed by atoms with E-state index in [1.165, 1.54) is 25.3 Å². The molecular weight excluding hydrogens is 278 g/mol. The summed E-state index contributed by atoms with van der Waals surface area (Å²) in [5, 5.41) is 13.3. The van der Waals surface area contributed by atoms with E-state index < -0.39 is 4.92 Å². The number of nitrogens with one attached hydrogen (secondary N) is 1. The molecular formula is C14H20ClN3O2. The Labute approximate surface area is 124 Å². The fourth-order valence-corrected chi connectivity index (χ4v) is 2.91. The lowest BCUT2D eigenvalue weighted by molar-refractivity contribution is -0.384. The van der Waals surface area contributed by atoms with Crippen molar-refractivity contribution in [3.63, 3.8) is 0 Å². The second-order valence-corrected chi connectivity index (χ2v) is 5.82. The third-order valence-electron chi connectivity index (χ3n) is 3.87. The van der Waals surface area contributed by atoms with Crippen molar-refractivity contribution < 1.29 is 4.92 Å². The average molecular weight is 298 g/mol. The molecule has 2 unspecified atom stereocenters. The van der Waals surface area contributed by atoms with E-state index in [1.807, 2.05) is 6.07 Å². The third kappa shape index (κ3) is 3.48. The van der Waals surface area contributed by atoms with Crippen molar-refractivity contribution >= 4 is 17.3 Å². The summed E-state index contributed by atoms with van der Waals surface area (Å²) in [7, 11) is 0. The van der Waals surface area contributed by atoms with E-state index in [-0.39, 0.29) is 10.7 Å². The number of nitro groups is 1. The van der Waals surface area contributed by atoms with Gasteiger partial charge in [0, 0.05) is 24.7 Å². The molecule has 2 rings (SSSR count). The van der Waals surface area contributed by atoms with Crippen LogP contribution in [0.2, 0.25) is 5.02 Å². The van der Waals surface area contributed by atoms with Gasteiger partial charge >= 0.3 is 0 Å². The molecule has 1 aromatic carbocycles. The number of hydrogen-bond acceptors (Lipinski definition) is 4. The first-order valence-corrected chi connectivity index (χ1v) is 7.31. The van der Waals surface area contributed by atoms with Gasteiger partial charge in [0.2, 0.25) is 0 Å². The largest absolute Gasteiger partial charge is 0.288 e. The van der Waals surface area contributed by atoms with Gasteiger partial charge in [-0.05, 0) is 38.3 Å². The van der Waals surface area contributed by atoms with Crippen LogP contribution in [0, 0.1) is 10.1 Å². The van der Waals surface area contributed by atoms with Crippen LogP contribution in [0.15, 0.2) is 18.2 Å². The Hall–Kier alpha value is -1.17. The van der Waals surface area contributed by atoms with Crippen LogP contribution in [0.3, 0.4) is 0 Å². The van der Waals surface area contributed by atoms with E-state index in [2.05, 4.69) is 24.3 Å². The van der Waals surface area contributed by atoms with Crippen LogP contribution >= 0.6 is 11.6 Å². The molecule has 2 atom stereocenters. The highest BCUT2D eigenvalue weighted by molar-refractivity contribution is 6.32. The Morgan fingerprint density at radius 1 is 1.40 bits per heavy atom. The summed E-state index contributed by atoms with van der Waals surface area (Å²) >= 11 is 5.81. The van der Waals surface area contributed by atoms with Crippen molar-refractivity contribution in [2.75, 3.05) is 0 Å². The van der Waals surface area contributed by atoms with E-state index in [9.17, 15) is 10.1 Å². The summed E-state index contributed by atoms with van der Waals surface area (Å²) in [6, 6.07) is 5.91. The number of nitro benzene ring substituents is 1. The molecule has 1 aliphatic heterocycles. The quantitative estimate of drug-likeness (QED) is 0.682. The molecule has 0 bridgehead atoms. The van der Waals surface area contributed by atoms with Gasteiger partial charge in [0.25, 0.3) is 5.69 Å². The van der Waals surface area contributed by atoms with Gasteiger partial charge in [-0.15, -0.1) is 0 Å². The van der Waals surface area contributed by atoms with Gasteiger partial charge in [-0.25, -0.2) is 5.01 Å². The van der Waals surface area contributed by atoms with Crippen LogP contribution < -0.4 is 5.43 Å². The summed E-state index contributed by atoms with van der Waals surface area (Å²) in [4.78, 5) is 10.4. The monoisotopic (exact) mass is 297 g/mol. The standard InChI is InChI=1S/C14H20ClN3O2/c1-10-4-3-5-11(2)17(10)16-9-12-6-7-13(15)14(8-12)18(19)20/h6-8,10-11,16H,3-5,9H2,1-2H3. The first-order valence-electron chi connectivity index (χ1n) is 6.93. The van der Waals surface area contributed by atoms with Gasteiger partial charge in [-0.1, -0.05) is 24.1 Å². The Kier molecular flexibility index (Phi) is 4.96. The van der Waals surface area contributed by atoms with Crippen LogP contribution in [0.5, 0.6) is 0 Å². The number of piperidine rings is 1. The molecule has 1 fully saturated rings. The van der Waals surface area contributed by atoms with Crippen LogP contribution in [-0.2, 0) is 6.54 Å². The highest BCUT2D eigenvalue weighted by Gasteiger charge is 2.24. The lowest BCUT2D eigenvalue weighted by atomic mass is 10.00. The Bertz CT molecular complexity index is 485. The predicted octanol–water partition coefficient (Wildman–Crippen LogP) is 3.52. The molecule has 0 aromatic heterocycles. The summed E-state index contributed by atoms with van der Waals surface area (Å²) in [5.41, 5.74) is 4.22. The highest BCUT2D eigenvalue weighted by Crippen LogP contribution is 2.25. The Morgan fingerprint density at radius 3 is 2.65 bits per heavy atom. The van der Waals surface area contributed by atoms with Crippen LogP contribution in [-0.4, -0.2) is 22.0 Å². The lowest BCUT2D eigenvalue weighted by Gasteiger charge is -2.39. The van der Waals surface area contributed by atoms with E-state index >= 15 is 0 Å². The van der Waals surface area contributed by atoms with Gasteiger partial charge in [-0.3, -0.25) is 15.5 Å². The molecule has 6 heteroatoms. The minimum atomic E-state index is -0.446. The summed E-state index contributed by atoms with van der Waals surface area (Å²) in [6.45, 7) is 4.98. The minimum absolute atomic E-state index is 0.0364. The molecule has 1 aliphatic rings. The summed E-state index contributed by atoms with van der Waals surface area (Å²) in [6.07, 6.45) is 3.61. The molecule has 0 saturated carbocycles.